The van der Waals surface area contributed by atoms with E-state index in [1.54, 1.807) is 0 Å². The van der Waals surface area contributed by atoms with Crippen molar-refractivity contribution in [3.05, 3.63) is 0 Å². The molecule has 0 radical (unpaired) electrons. The molecule has 0 saturated carbocycles. The van der Waals surface area contributed by atoms with Crippen LogP contribution in [0.3, 0.4) is 0 Å². The lowest BCUT2D eigenvalue weighted by Crippen LogP contribution is -2.40. The predicted octanol–water partition coefficient (Wildman–Crippen LogP) is 1.92. The first-order valence-corrected chi connectivity index (χ1v) is 10.2. The number of nitrogens with one attached hydrogen (secondary N) is 3. The number of halogens is 1. The molecule has 1 rings (SSSR count). The van der Waals surface area contributed by atoms with Gasteiger partial charge in [0.2, 0.25) is 0 Å². The number of aliphatic hydroxyl groups is 1. The molecular weight excluding hydrogens is 473 g/mol. The first-order valence-electron chi connectivity index (χ1n) is 10.2. The van der Waals surface area contributed by atoms with Gasteiger partial charge >= 0.3 is 6.09 Å². The third-order valence-corrected chi connectivity index (χ3v) is 4.12. The molecule has 0 aromatic rings. The zero-order chi connectivity index (χ0) is 20.1. The Morgan fingerprint density at radius 3 is 2.39 bits per heavy atom. The molecular formula is C19H40IN5O3. The number of hydrogen-bond donors (Lipinski definition) is 4. The maximum atomic E-state index is 11.6. The normalized spacial score (nSPS) is 16.2. The topological polar surface area (TPSA) is 98.2 Å². The van der Waals surface area contributed by atoms with E-state index in [0.717, 1.165) is 64.4 Å². The van der Waals surface area contributed by atoms with E-state index < -0.39 is 5.60 Å². The second kappa shape index (κ2) is 15.1. The van der Waals surface area contributed by atoms with Crippen molar-refractivity contribution in [2.45, 2.75) is 65.1 Å². The van der Waals surface area contributed by atoms with Crippen LogP contribution in [-0.4, -0.2) is 79.6 Å². The number of nitrogens with zero attached hydrogens (tertiary/aromatic N) is 2. The highest BCUT2D eigenvalue weighted by atomic mass is 127. The fourth-order valence-electron chi connectivity index (χ4n) is 2.77. The number of guanidine groups is 1. The number of ether oxygens (including phenoxy) is 1. The van der Waals surface area contributed by atoms with Gasteiger partial charge in [0.1, 0.15) is 5.60 Å². The lowest BCUT2D eigenvalue weighted by Gasteiger charge is -2.29. The van der Waals surface area contributed by atoms with Gasteiger partial charge in [-0.1, -0.05) is 0 Å². The highest BCUT2D eigenvalue weighted by Gasteiger charge is 2.16. The van der Waals surface area contributed by atoms with Crippen LogP contribution in [0.2, 0.25) is 0 Å². The van der Waals surface area contributed by atoms with Gasteiger partial charge in [0.15, 0.2) is 5.96 Å². The second-order valence-corrected chi connectivity index (χ2v) is 7.90. The van der Waals surface area contributed by atoms with Crippen LogP contribution in [0, 0.1) is 0 Å². The van der Waals surface area contributed by atoms with Crippen LogP contribution in [0.25, 0.3) is 0 Å². The van der Waals surface area contributed by atoms with E-state index in [-0.39, 0.29) is 36.2 Å². The number of hydrogen-bond acceptors (Lipinski definition) is 5. The quantitative estimate of drug-likeness (QED) is 0.163. The smallest absolute Gasteiger partial charge is 0.407 e. The van der Waals surface area contributed by atoms with Crippen LogP contribution >= 0.6 is 24.0 Å². The second-order valence-electron chi connectivity index (χ2n) is 7.90. The van der Waals surface area contributed by atoms with Crippen molar-refractivity contribution in [3.8, 4) is 0 Å². The summed E-state index contributed by atoms with van der Waals surface area (Å²) in [4.78, 5) is 18.5. The van der Waals surface area contributed by atoms with Gasteiger partial charge in [-0.15, -0.1) is 24.0 Å². The largest absolute Gasteiger partial charge is 0.444 e. The molecule has 0 aromatic heterocycles. The van der Waals surface area contributed by atoms with Gasteiger partial charge in [-0.05, 0) is 59.9 Å². The van der Waals surface area contributed by atoms with Crippen LogP contribution in [0.15, 0.2) is 4.99 Å². The average Bonchev–Trinajstić information content (AvgIpc) is 2.58. The summed E-state index contributed by atoms with van der Waals surface area (Å²) >= 11 is 0. The molecule has 4 N–H and O–H groups in total. The van der Waals surface area contributed by atoms with Gasteiger partial charge in [0.25, 0.3) is 0 Å². The Balaban J connectivity index is 0.00000729. The van der Waals surface area contributed by atoms with Crippen molar-refractivity contribution in [2.75, 3.05) is 45.8 Å². The number of piperidine rings is 1. The fraction of sp³-hybridized carbons (Fsp3) is 0.895. The van der Waals surface area contributed by atoms with Crippen molar-refractivity contribution < 1.29 is 14.6 Å². The standard InChI is InChI=1S/C19H39N5O3.HI/c1-5-20-17(21-10-6-11-23-18(26)27-19(2,3)4)22-12-7-13-24-14-8-16(25)9-15-24;/h16,25H,5-15H2,1-4H3,(H,23,26)(H2,20,21,22);1H. The molecule has 0 unspecified atom stereocenters. The van der Waals surface area contributed by atoms with Crippen LogP contribution in [0.5, 0.6) is 0 Å². The third kappa shape index (κ3) is 14.2. The van der Waals surface area contributed by atoms with Gasteiger partial charge in [-0.3, -0.25) is 4.99 Å². The SMILES string of the molecule is CCNC(=NCCCNC(=O)OC(C)(C)C)NCCCN1CCC(O)CC1.I. The van der Waals surface area contributed by atoms with E-state index in [4.69, 9.17) is 4.74 Å². The monoisotopic (exact) mass is 513 g/mol. The van der Waals surface area contributed by atoms with Crippen molar-refractivity contribution in [1.82, 2.24) is 20.9 Å². The molecule has 1 saturated heterocycles. The Bertz CT molecular complexity index is 449. The van der Waals surface area contributed by atoms with E-state index in [1.807, 2.05) is 27.7 Å². The highest BCUT2D eigenvalue weighted by Crippen LogP contribution is 2.09. The minimum atomic E-state index is -0.474. The van der Waals surface area contributed by atoms with Gasteiger partial charge in [-0.25, -0.2) is 4.79 Å². The number of aliphatic hydroxyl groups excluding tert-OH is 1. The molecule has 0 spiro atoms. The Morgan fingerprint density at radius 1 is 1.14 bits per heavy atom. The molecule has 1 amide bonds. The molecule has 1 aliphatic rings. The van der Waals surface area contributed by atoms with E-state index in [2.05, 4.69) is 25.8 Å². The van der Waals surface area contributed by atoms with E-state index in [1.165, 1.54) is 0 Å². The maximum Gasteiger partial charge on any atom is 0.407 e. The minimum absolute atomic E-state index is 0. The lowest BCUT2D eigenvalue weighted by molar-refractivity contribution is 0.0527. The van der Waals surface area contributed by atoms with Gasteiger partial charge in [0.05, 0.1) is 6.10 Å². The van der Waals surface area contributed by atoms with Crippen molar-refractivity contribution in [3.63, 3.8) is 0 Å². The summed E-state index contributed by atoms with van der Waals surface area (Å²) in [7, 11) is 0. The molecule has 0 bridgehead atoms. The average molecular weight is 513 g/mol. The summed E-state index contributed by atoms with van der Waals surface area (Å²) in [6.45, 7) is 13.4. The number of carbonyl (C=O) groups is 1. The summed E-state index contributed by atoms with van der Waals surface area (Å²) in [5.41, 5.74) is -0.474. The van der Waals surface area contributed by atoms with Crippen LogP contribution in [0.4, 0.5) is 4.79 Å². The molecule has 0 aliphatic carbocycles. The number of aliphatic imine (C=N–C) groups is 1. The van der Waals surface area contributed by atoms with Gasteiger partial charge < -0.3 is 30.7 Å². The van der Waals surface area contributed by atoms with Gasteiger partial charge in [0, 0.05) is 39.3 Å². The third-order valence-electron chi connectivity index (χ3n) is 4.12. The maximum absolute atomic E-state index is 11.6. The van der Waals surface area contributed by atoms with Crippen molar-refractivity contribution in [1.29, 1.82) is 0 Å². The zero-order valence-corrected chi connectivity index (χ0v) is 20.3. The Morgan fingerprint density at radius 2 is 1.79 bits per heavy atom. The fourth-order valence-corrected chi connectivity index (χ4v) is 2.77. The first kappa shape index (κ1) is 27.2. The summed E-state index contributed by atoms with van der Waals surface area (Å²) in [6.07, 6.45) is 3.06. The number of rotatable bonds is 9. The molecule has 1 heterocycles. The molecule has 1 aliphatic heterocycles. The molecule has 1 fully saturated rings. The summed E-state index contributed by atoms with van der Waals surface area (Å²) < 4.78 is 5.20. The molecule has 0 aromatic carbocycles. The highest BCUT2D eigenvalue weighted by molar-refractivity contribution is 14.0. The molecule has 166 valence electrons. The Hall–Kier alpha value is -0.810. The first-order chi connectivity index (χ1) is 12.8. The Labute approximate surface area is 187 Å². The van der Waals surface area contributed by atoms with E-state index in [9.17, 15) is 9.90 Å². The van der Waals surface area contributed by atoms with Crippen molar-refractivity contribution >= 4 is 36.0 Å². The molecule has 0 atom stereocenters. The lowest BCUT2D eigenvalue weighted by atomic mass is 10.1. The number of carbonyl (C=O) groups excluding carboxylic acids is 1. The number of likely N-dealkylation sites (tertiary alicyclic amines) is 1. The number of alkyl carbamates (subject to hydrolysis) is 1. The Kier molecular flexibility index (Phi) is 14.6. The predicted molar refractivity (Wildman–Crippen MR) is 125 cm³/mol. The summed E-state index contributed by atoms with van der Waals surface area (Å²) in [6, 6.07) is 0. The molecule has 28 heavy (non-hydrogen) atoms. The van der Waals surface area contributed by atoms with Crippen LogP contribution < -0.4 is 16.0 Å². The van der Waals surface area contributed by atoms with E-state index in [0.29, 0.717) is 13.1 Å². The molecule has 8 nitrogen and oxygen atoms in total. The number of amides is 1. The van der Waals surface area contributed by atoms with E-state index >= 15 is 0 Å². The van der Waals surface area contributed by atoms with Gasteiger partial charge in [-0.2, -0.15) is 0 Å². The summed E-state index contributed by atoms with van der Waals surface area (Å²) in [5.74, 6) is 0.809. The minimum Gasteiger partial charge on any atom is -0.444 e. The molecule has 9 heteroatoms. The van der Waals surface area contributed by atoms with Crippen LogP contribution in [-0.2, 0) is 4.74 Å². The zero-order valence-electron chi connectivity index (χ0n) is 17.9. The van der Waals surface area contributed by atoms with Crippen molar-refractivity contribution in [2.24, 2.45) is 4.99 Å². The van der Waals surface area contributed by atoms with Crippen LogP contribution in [0.1, 0.15) is 53.4 Å². The summed E-state index contributed by atoms with van der Waals surface area (Å²) in [5, 5.41) is 18.9.